The van der Waals surface area contributed by atoms with E-state index in [-0.39, 0.29) is 30.4 Å². The average Bonchev–Trinajstić information content (AvgIpc) is 3.10. The lowest BCUT2D eigenvalue weighted by atomic mass is 10.0. The fourth-order valence-electron chi connectivity index (χ4n) is 5.18. The molecule has 0 unspecified atom stereocenters. The zero-order valence-electron chi connectivity index (χ0n) is 25.7. The van der Waals surface area contributed by atoms with Crippen LogP contribution in [0.1, 0.15) is 122 Å². The molecule has 10 heteroatoms. The van der Waals surface area contributed by atoms with Gasteiger partial charge in [-0.05, 0) is 45.2 Å². The summed E-state index contributed by atoms with van der Waals surface area (Å²) in [5.41, 5.74) is -2.50. The smallest absolute Gasteiger partial charge is 0.417 e. The first-order chi connectivity index (χ1) is 19.9. The molecule has 0 aliphatic carbocycles. The monoisotopic (exact) mass is 595 g/mol. The van der Waals surface area contributed by atoms with Gasteiger partial charge < -0.3 is 9.64 Å². The highest BCUT2D eigenvalue weighted by Crippen LogP contribution is 2.37. The molecule has 1 aliphatic rings. The number of rotatable bonds is 19. The number of urea groups is 1. The van der Waals surface area contributed by atoms with Gasteiger partial charge in [-0.25, -0.2) is 9.69 Å². The lowest BCUT2D eigenvalue weighted by Gasteiger charge is -2.27. The Labute approximate surface area is 248 Å². The molecule has 1 fully saturated rings. The fraction of sp³-hybridized carbons (Fsp3) is 0.688. The summed E-state index contributed by atoms with van der Waals surface area (Å²) in [5.74, 6) is -0.835. The summed E-state index contributed by atoms with van der Waals surface area (Å²) in [6, 6.07) is 2.65. The number of carbonyl (C=O) groups is 3. The van der Waals surface area contributed by atoms with E-state index in [1.54, 1.807) is 13.8 Å². The Kier molecular flexibility index (Phi) is 14.5. The van der Waals surface area contributed by atoms with Crippen molar-refractivity contribution in [3.63, 3.8) is 0 Å². The zero-order valence-corrected chi connectivity index (χ0v) is 25.7. The van der Waals surface area contributed by atoms with E-state index in [1.807, 2.05) is 0 Å². The van der Waals surface area contributed by atoms with E-state index in [4.69, 9.17) is 4.74 Å². The molecule has 1 aromatic rings. The van der Waals surface area contributed by atoms with Gasteiger partial charge in [-0.3, -0.25) is 14.6 Å². The second kappa shape index (κ2) is 17.3. The highest BCUT2D eigenvalue weighted by Gasteiger charge is 2.51. The third kappa shape index (κ3) is 10.4. The summed E-state index contributed by atoms with van der Waals surface area (Å²) < 4.78 is 46.3. The number of hydrogen-bond acceptors (Lipinski definition) is 5. The van der Waals surface area contributed by atoms with Gasteiger partial charge in [0.2, 0.25) is 0 Å². The fourth-order valence-corrected chi connectivity index (χ4v) is 5.18. The van der Waals surface area contributed by atoms with Crippen molar-refractivity contribution >= 4 is 29.8 Å². The van der Waals surface area contributed by atoms with Crippen LogP contribution >= 0.6 is 0 Å². The summed E-state index contributed by atoms with van der Waals surface area (Å²) in [6.07, 6.45) is 11.1. The van der Waals surface area contributed by atoms with Crippen LogP contribution in [0.3, 0.4) is 0 Å². The van der Waals surface area contributed by atoms with E-state index >= 15 is 0 Å². The van der Waals surface area contributed by atoms with E-state index < -0.39 is 29.2 Å². The summed E-state index contributed by atoms with van der Waals surface area (Å²) in [4.78, 5) is 44.2. The van der Waals surface area contributed by atoms with E-state index in [9.17, 15) is 27.6 Å². The molecule has 0 atom stereocenters. The summed E-state index contributed by atoms with van der Waals surface area (Å²) in [5, 5.41) is 0. The van der Waals surface area contributed by atoms with Gasteiger partial charge in [0, 0.05) is 31.8 Å². The number of halogens is 3. The molecule has 0 bridgehead atoms. The van der Waals surface area contributed by atoms with Crippen LogP contribution in [-0.2, 0) is 20.5 Å². The highest BCUT2D eigenvalue weighted by molar-refractivity contribution is 6.23. The minimum Gasteiger partial charge on any atom is -0.466 e. The first-order valence-corrected chi connectivity index (χ1v) is 15.4. The van der Waals surface area contributed by atoms with Gasteiger partial charge in [0.1, 0.15) is 5.54 Å². The highest BCUT2D eigenvalue weighted by atomic mass is 19.4. The Balaban J connectivity index is 1.74. The number of amides is 3. The Bertz CT molecular complexity index is 1060. The first kappa shape index (κ1) is 35.3. The number of aliphatic imine (C=N–C) groups is 1. The average molecular weight is 596 g/mol. The van der Waals surface area contributed by atoms with Crippen LogP contribution < -0.4 is 4.90 Å². The number of carbonyl (C=O) groups excluding carboxylic acids is 3. The predicted octanol–water partition coefficient (Wildman–Crippen LogP) is 8.33. The van der Waals surface area contributed by atoms with E-state index in [2.05, 4.69) is 11.9 Å². The number of ether oxygens (including phenoxy) is 1. The maximum atomic E-state index is 13.6. The Morgan fingerprint density at radius 3 is 2.10 bits per heavy atom. The van der Waals surface area contributed by atoms with Crippen molar-refractivity contribution in [2.75, 3.05) is 25.1 Å². The molecule has 2 rings (SSSR count). The first-order valence-electron chi connectivity index (χ1n) is 15.4. The van der Waals surface area contributed by atoms with Crippen molar-refractivity contribution in [3.05, 3.63) is 29.3 Å². The Morgan fingerprint density at radius 1 is 0.929 bits per heavy atom. The molecule has 1 aliphatic heterocycles. The van der Waals surface area contributed by atoms with Gasteiger partial charge in [-0.2, -0.15) is 13.2 Å². The predicted molar refractivity (Wildman–Crippen MR) is 160 cm³/mol. The van der Waals surface area contributed by atoms with Crippen molar-refractivity contribution in [2.24, 2.45) is 4.99 Å². The van der Waals surface area contributed by atoms with Crippen molar-refractivity contribution in [1.82, 2.24) is 4.90 Å². The zero-order chi connectivity index (χ0) is 31.2. The summed E-state index contributed by atoms with van der Waals surface area (Å²) >= 11 is 0. The second-order valence-corrected chi connectivity index (χ2v) is 11.5. The van der Waals surface area contributed by atoms with Crippen LogP contribution in [0.25, 0.3) is 0 Å². The summed E-state index contributed by atoms with van der Waals surface area (Å²) in [7, 11) is 1.36. The molecule has 0 spiro atoms. The van der Waals surface area contributed by atoms with Gasteiger partial charge in [0.25, 0.3) is 5.91 Å². The molecule has 0 aromatic heterocycles. The van der Waals surface area contributed by atoms with Crippen molar-refractivity contribution in [3.8, 4) is 0 Å². The molecule has 1 saturated heterocycles. The van der Waals surface area contributed by atoms with E-state index in [0.717, 1.165) is 36.4 Å². The van der Waals surface area contributed by atoms with Crippen LogP contribution in [0.4, 0.5) is 23.7 Å². The third-order valence-corrected chi connectivity index (χ3v) is 7.72. The van der Waals surface area contributed by atoms with Gasteiger partial charge in [-0.1, -0.05) is 77.2 Å². The Hall–Kier alpha value is -2.91. The molecule has 1 aromatic carbocycles. The number of anilines is 1. The summed E-state index contributed by atoms with van der Waals surface area (Å²) in [6.45, 7) is 5.79. The molecule has 0 N–H and O–H groups in total. The van der Waals surface area contributed by atoms with E-state index in [1.165, 1.54) is 75.4 Å². The van der Waals surface area contributed by atoms with Crippen LogP contribution in [0.5, 0.6) is 0 Å². The SMILES string of the molecule is CCCCCCCCCCCCCC(=O)OCCCCN1C(=O)N(c2ccc(C=NC)c(C(F)(F)F)c2)C(=O)C1(C)C. The van der Waals surface area contributed by atoms with Gasteiger partial charge in [0.05, 0.1) is 17.9 Å². The minimum absolute atomic E-state index is 0.141. The van der Waals surface area contributed by atoms with Gasteiger partial charge in [0.15, 0.2) is 0 Å². The number of alkyl halides is 3. The number of imide groups is 1. The number of nitrogens with zero attached hydrogens (tertiary/aromatic N) is 3. The maximum Gasteiger partial charge on any atom is 0.417 e. The van der Waals surface area contributed by atoms with E-state index in [0.29, 0.717) is 19.3 Å². The number of unbranched alkanes of at least 4 members (excludes halogenated alkanes) is 11. The second-order valence-electron chi connectivity index (χ2n) is 11.5. The number of esters is 1. The van der Waals surface area contributed by atoms with Gasteiger partial charge in [-0.15, -0.1) is 0 Å². The number of hydrogen-bond donors (Lipinski definition) is 0. The molecule has 42 heavy (non-hydrogen) atoms. The van der Waals surface area contributed by atoms with Crippen molar-refractivity contribution < 1.29 is 32.3 Å². The Morgan fingerprint density at radius 2 is 1.52 bits per heavy atom. The van der Waals surface area contributed by atoms with Crippen LogP contribution in [0.15, 0.2) is 23.2 Å². The molecule has 0 radical (unpaired) electrons. The van der Waals surface area contributed by atoms with Crippen molar-refractivity contribution in [2.45, 2.75) is 122 Å². The van der Waals surface area contributed by atoms with Crippen LogP contribution in [-0.4, -0.2) is 54.8 Å². The van der Waals surface area contributed by atoms with Crippen LogP contribution in [0, 0.1) is 0 Å². The normalized spacial score (nSPS) is 15.3. The lowest BCUT2D eigenvalue weighted by molar-refractivity contribution is -0.144. The lowest BCUT2D eigenvalue weighted by Crippen LogP contribution is -2.44. The largest absolute Gasteiger partial charge is 0.466 e. The third-order valence-electron chi connectivity index (χ3n) is 7.72. The molecule has 1 heterocycles. The maximum absolute atomic E-state index is 13.6. The van der Waals surface area contributed by atoms with Crippen molar-refractivity contribution in [1.29, 1.82) is 0 Å². The molecule has 0 saturated carbocycles. The number of benzene rings is 1. The molecule has 3 amide bonds. The molecule has 7 nitrogen and oxygen atoms in total. The molecule has 236 valence electrons. The quantitative estimate of drug-likeness (QED) is 0.0697. The standard InChI is InChI=1S/C32H48F3N3O4/c1-5-6-7-8-9-10-11-12-13-14-15-18-28(39)42-22-17-16-21-37-30(41)38(29(40)31(37,2)3)26-20-19-25(24-36-4)27(23-26)32(33,34)35/h19-20,23-24H,5-18,21-22H2,1-4H3. The topological polar surface area (TPSA) is 79.3 Å². The van der Waals surface area contributed by atoms with Gasteiger partial charge >= 0.3 is 18.2 Å². The molecular weight excluding hydrogens is 547 g/mol. The molecular formula is C32H48F3N3O4. The minimum atomic E-state index is -4.68. The van der Waals surface area contributed by atoms with Crippen LogP contribution in [0.2, 0.25) is 0 Å².